The molecular weight excluding hydrogens is 979 g/mol. The van der Waals surface area contributed by atoms with E-state index >= 15 is 0 Å². The monoisotopic (exact) mass is 1120 g/mol. The van der Waals surface area contributed by atoms with Crippen molar-refractivity contribution in [3.8, 4) is 0 Å². The summed E-state index contributed by atoms with van der Waals surface area (Å²) in [7, 11) is 0. The maximum atomic E-state index is 11.9. The summed E-state index contributed by atoms with van der Waals surface area (Å²) >= 11 is 0. The van der Waals surface area contributed by atoms with Crippen molar-refractivity contribution in [2.75, 3.05) is 91.6 Å². The SMILES string of the molecule is CCCCCCCCCCC(O)CN1CCN(CCN(CCN(CCN(CC(O)CCCCCCCCCC)C(O)CCCCCCCCCC)CC(O)CCCCCCCCCC)CC(O)CCCCCCCCCC)CC1. The Kier molecular flexibility index (Phi) is 56.3. The number of nitrogens with zero attached hydrogens (tertiary/aromatic N) is 5. The highest BCUT2D eigenvalue weighted by Gasteiger charge is 2.24. The van der Waals surface area contributed by atoms with Crippen LogP contribution in [0.3, 0.4) is 0 Å². The molecule has 79 heavy (non-hydrogen) atoms. The molecular formula is C69H143N5O5. The molecule has 1 rings (SSSR count). The third kappa shape index (κ3) is 49.6. The number of aliphatic hydroxyl groups excluding tert-OH is 5. The summed E-state index contributed by atoms with van der Waals surface area (Å²) in [6.07, 6.45) is 52.5. The second kappa shape index (κ2) is 58.0. The van der Waals surface area contributed by atoms with Crippen LogP contribution in [0.1, 0.15) is 324 Å². The van der Waals surface area contributed by atoms with E-state index in [9.17, 15) is 25.5 Å². The summed E-state index contributed by atoms with van der Waals surface area (Å²) in [4.78, 5) is 12.2. The van der Waals surface area contributed by atoms with Gasteiger partial charge in [-0.05, 0) is 38.5 Å². The third-order valence-corrected chi connectivity index (χ3v) is 17.8. The molecule has 0 aromatic heterocycles. The van der Waals surface area contributed by atoms with E-state index in [2.05, 4.69) is 59.1 Å². The number of rotatable bonds is 63. The molecule has 0 spiro atoms. The second-order valence-corrected chi connectivity index (χ2v) is 25.7. The van der Waals surface area contributed by atoms with Crippen molar-refractivity contribution in [2.45, 2.75) is 354 Å². The van der Waals surface area contributed by atoms with Gasteiger partial charge >= 0.3 is 0 Å². The van der Waals surface area contributed by atoms with Crippen molar-refractivity contribution in [1.29, 1.82) is 0 Å². The first-order valence-electron chi connectivity index (χ1n) is 35.7. The molecule has 10 nitrogen and oxygen atoms in total. The first kappa shape index (κ1) is 76.6. The lowest BCUT2D eigenvalue weighted by Gasteiger charge is -2.37. The largest absolute Gasteiger partial charge is 0.392 e. The van der Waals surface area contributed by atoms with Gasteiger partial charge in [-0.25, -0.2) is 0 Å². The van der Waals surface area contributed by atoms with Gasteiger partial charge in [-0.2, -0.15) is 0 Å². The van der Waals surface area contributed by atoms with E-state index < -0.39 is 18.4 Å². The fourth-order valence-corrected chi connectivity index (χ4v) is 12.2. The quantitative estimate of drug-likeness (QED) is 0.0298. The highest BCUT2D eigenvalue weighted by molar-refractivity contribution is 4.79. The van der Waals surface area contributed by atoms with E-state index in [-0.39, 0.29) is 12.2 Å². The van der Waals surface area contributed by atoms with Gasteiger partial charge in [-0.15, -0.1) is 0 Å². The number of hydrogen-bond donors (Lipinski definition) is 5. The molecule has 0 aromatic carbocycles. The van der Waals surface area contributed by atoms with Crippen LogP contribution in [0.2, 0.25) is 0 Å². The molecule has 5 atom stereocenters. The van der Waals surface area contributed by atoms with Crippen molar-refractivity contribution >= 4 is 0 Å². The minimum Gasteiger partial charge on any atom is -0.392 e. The molecule has 1 heterocycles. The molecule has 0 aliphatic carbocycles. The molecule has 0 aromatic rings. The molecule has 0 radical (unpaired) electrons. The van der Waals surface area contributed by atoms with E-state index in [1.807, 2.05) is 0 Å². The van der Waals surface area contributed by atoms with Gasteiger partial charge in [-0.1, -0.05) is 285 Å². The van der Waals surface area contributed by atoms with Crippen molar-refractivity contribution < 1.29 is 25.5 Å². The Hall–Kier alpha value is -0.400. The predicted molar refractivity (Wildman–Crippen MR) is 344 cm³/mol. The van der Waals surface area contributed by atoms with Crippen LogP contribution < -0.4 is 0 Å². The number of unbranched alkanes of at least 4 members (excludes halogenated alkanes) is 35. The van der Waals surface area contributed by atoms with E-state index in [1.54, 1.807) is 0 Å². The molecule has 1 fully saturated rings. The van der Waals surface area contributed by atoms with Crippen LogP contribution in [0.25, 0.3) is 0 Å². The smallest absolute Gasteiger partial charge is 0.107 e. The standard InChI is InChI=1S/C69H143N5O5/c1-6-11-16-21-26-31-36-41-46-65(75)61-71-54-51-70(52-55-71)53-56-72(62-66(76)47-42-37-32-27-22-17-12-7-2)57-58-73(63-67(77)48-43-38-33-28-23-18-13-8-3)59-60-74(69(79)50-45-40-35-30-25-20-15-10-5)64-68(78)49-44-39-34-29-24-19-14-9-4/h65-69,75-79H,6-64H2,1-5H3. The molecule has 0 saturated carbocycles. The fraction of sp³-hybridized carbons (Fsp3) is 1.00. The number of piperazine rings is 1. The Morgan fingerprint density at radius 3 is 0.899 bits per heavy atom. The minimum atomic E-state index is -0.584. The van der Waals surface area contributed by atoms with Crippen LogP contribution in [0, 0.1) is 0 Å². The summed E-state index contributed by atoms with van der Waals surface area (Å²) in [6.45, 7) is 22.8. The molecule has 1 aliphatic rings. The van der Waals surface area contributed by atoms with Crippen molar-refractivity contribution in [3.05, 3.63) is 0 Å². The average Bonchev–Trinajstić information content (AvgIpc) is 3.44. The summed E-state index contributed by atoms with van der Waals surface area (Å²) in [5.41, 5.74) is 0. The summed E-state index contributed by atoms with van der Waals surface area (Å²) in [5, 5.41) is 57.6. The van der Waals surface area contributed by atoms with Gasteiger partial charge < -0.3 is 25.5 Å². The zero-order chi connectivity index (χ0) is 57.5. The summed E-state index contributed by atoms with van der Waals surface area (Å²) < 4.78 is 0. The van der Waals surface area contributed by atoms with Crippen LogP contribution in [0.5, 0.6) is 0 Å². The maximum Gasteiger partial charge on any atom is 0.107 e. The topological polar surface area (TPSA) is 117 Å². The molecule has 10 heteroatoms. The Bertz CT molecular complexity index is 1200. The lowest BCUT2D eigenvalue weighted by atomic mass is 10.0. The Morgan fingerprint density at radius 2 is 0.544 bits per heavy atom. The average molecular weight is 1120 g/mol. The molecule has 1 saturated heterocycles. The highest BCUT2D eigenvalue weighted by Crippen LogP contribution is 2.19. The van der Waals surface area contributed by atoms with E-state index in [1.165, 1.54) is 218 Å². The first-order chi connectivity index (χ1) is 38.6. The van der Waals surface area contributed by atoms with Crippen LogP contribution in [-0.2, 0) is 0 Å². The van der Waals surface area contributed by atoms with Crippen molar-refractivity contribution in [2.24, 2.45) is 0 Å². The van der Waals surface area contributed by atoms with Crippen LogP contribution in [0.4, 0.5) is 0 Å². The molecule has 5 N–H and O–H groups in total. The lowest BCUT2D eigenvalue weighted by molar-refractivity contribution is -0.0363. The van der Waals surface area contributed by atoms with Gasteiger partial charge in [0.15, 0.2) is 0 Å². The van der Waals surface area contributed by atoms with E-state index in [0.29, 0.717) is 26.2 Å². The normalized spacial score (nSPS) is 15.8. The van der Waals surface area contributed by atoms with Crippen LogP contribution in [-0.4, -0.2) is 172 Å². The zero-order valence-electron chi connectivity index (χ0n) is 54.1. The second-order valence-electron chi connectivity index (χ2n) is 25.7. The zero-order valence-corrected chi connectivity index (χ0v) is 54.1. The maximum absolute atomic E-state index is 11.9. The molecule has 0 amide bonds. The van der Waals surface area contributed by atoms with Gasteiger partial charge in [0, 0.05) is 91.6 Å². The van der Waals surface area contributed by atoms with Gasteiger partial charge in [0.1, 0.15) is 6.23 Å². The summed E-state index contributed by atoms with van der Waals surface area (Å²) in [5.74, 6) is 0. The predicted octanol–water partition coefficient (Wildman–Crippen LogP) is 15.9. The number of aliphatic hydroxyl groups is 5. The van der Waals surface area contributed by atoms with E-state index in [4.69, 9.17) is 0 Å². The Balaban J connectivity index is 3.11. The van der Waals surface area contributed by atoms with Gasteiger partial charge in [0.05, 0.1) is 24.4 Å². The van der Waals surface area contributed by atoms with Gasteiger partial charge in [0.25, 0.3) is 0 Å². The summed E-state index contributed by atoms with van der Waals surface area (Å²) in [6, 6.07) is 0. The third-order valence-electron chi connectivity index (χ3n) is 17.8. The van der Waals surface area contributed by atoms with Crippen molar-refractivity contribution in [3.63, 3.8) is 0 Å². The van der Waals surface area contributed by atoms with Gasteiger partial charge in [-0.3, -0.25) is 24.5 Å². The highest BCUT2D eigenvalue weighted by atomic mass is 16.3. The lowest BCUT2D eigenvalue weighted by Crippen LogP contribution is -2.51. The van der Waals surface area contributed by atoms with Crippen LogP contribution >= 0.6 is 0 Å². The van der Waals surface area contributed by atoms with Crippen molar-refractivity contribution in [1.82, 2.24) is 24.5 Å². The van der Waals surface area contributed by atoms with E-state index in [0.717, 1.165) is 136 Å². The molecule has 1 aliphatic heterocycles. The molecule has 5 unspecified atom stereocenters. The van der Waals surface area contributed by atoms with Gasteiger partial charge in [0.2, 0.25) is 0 Å². The van der Waals surface area contributed by atoms with Crippen LogP contribution in [0.15, 0.2) is 0 Å². The Labute approximate surface area is 493 Å². The Morgan fingerprint density at radius 1 is 0.278 bits per heavy atom. The molecule has 0 bridgehead atoms. The molecule has 474 valence electrons. The first-order valence-corrected chi connectivity index (χ1v) is 35.7. The fourth-order valence-electron chi connectivity index (χ4n) is 12.2. The number of β-amino-alcohol motifs (C(OH)–C–C–N with tert-alkyl or cyclic N) is 1. The number of hydrogen-bond acceptors (Lipinski definition) is 10. The minimum absolute atomic E-state index is 0.235.